The lowest BCUT2D eigenvalue weighted by Gasteiger charge is -2.13. The van der Waals surface area contributed by atoms with Gasteiger partial charge in [0, 0.05) is 0 Å². The fraction of sp³-hybridized carbons (Fsp3) is 0.333. The number of carbonyl (C=O) groups is 1. The topological polar surface area (TPSA) is 39.2 Å². The van der Waals surface area contributed by atoms with Gasteiger partial charge in [-0.05, 0) is 68.4 Å². The van der Waals surface area contributed by atoms with E-state index < -0.39 is 0 Å². The summed E-state index contributed by atoms with van der Waals surface area (Å²) in [7, 11) is 0. The highest BCUT2D eigenvalue weighted by molar-refractivity contribution is 5.92. The second-order valence-corrected chi connectivity index (χ2v) is 6.14. The maximum Gasteiger partial charge on any atom is 0.339 e. The van der Waals surface area contributed by atoms with Crippen LogP contribution in [0, 0.1) is 6.92 Å². The van der Waals surface area contributed by atoms with Crippen LogP contribution in [0.15, 0.2) is 36.4 Å². The van der Waals surface area contributed by atoms with Crippen molar-refractivity contribution in [3.05, 3.63) is 64.5 Å². The number of esters is 1. The Balaban J connectivity index is 2.05. The van der Waals surface area contributed by atoms with E-state index in [1.165, 1.54) is 11.1 Å². The molecule has 0 atom stereocenters. The van der Waals surface area contributed by atoms with Crippen LogP contribution >= 0.6 is 0 Å². The minimum atomic E-state index is -0.275. The van der Waals surface area contributed by atoms with Crippen LogP contribution in [-0.2, 0) is 11.2 Å². The molecule has 1 aliphatic carbocycles. The summed E-state index contributed by atoms with van der Waals surface area (Å²) in [6.07, 6.45) is 6.46. The van der Waals surface area contributed by atoms with Crippen LogP contribution < -0.4 is 0 Å². The number of ether oxygens (including phenoxy) is 1. The van der Waals surface area contributed by atoms with Gasteiger partial charge in [-0.1, -0.05) is 30.3 Å². The molecule has 0 bridgehead atoms. The van der Waals surface area contributed by atoms with Gasteiger partial charge >= 0.3 is 5.97 Å². The minimum absolute atomic E-state index is 0.275. The largest absolute Gasteiger partial charge is 0.462 e. The van der Waals surface area contributed by atoms with Crippen LogP contribution in [0.25, 0.3) is 11.6 Å². The van der Waals surface area contributed by atoms with Gasteiger partial charge in [0.2, 0.25) is 0 Å². The van der Waals surface area contributed by atoms with Crippen LogP contribution in [-0.4, -0.2) is 17.6 Å². The molecule has 3 nitrogen and oxygen atoms in total. The first-order valence-corrected chi connectivity index (χ1v) is 8.62. The Labute approximate surface area is 143 Å². The van der Waals surface area contributed by atoms with Gasteiger partial charge in [0.25, 0.3) is 0 Å². The molecule has 0 amide bonds. The van der Waals surface area contributed by atoms with Gasteiger partial charge in [-0.2, -0.15) is 0 Å². The highest BCUT2D eigenvalue weighted by Crippen LogP contribution is 2.31. The molecule has 0 saturated heterocycles. The molecule has 24 heavy (non-hydrogen) atoms. The number of fused-ring (bicyclic) bond motifs is 1. The Morgan fingerprint density at radius 1 is 1.21 bits per heavy atom. The zero-order valence-electron chi connectivity index (χ0n) is 14.3. The number of pyridine rings is 1. The van der Waals surface area contributed by atoms with Crippen molar-refractivity contribution < 1.29 is 9.53 Å². The molecule has 0 fully saturated rings. The number of nitrogens with zero attached hydrogens (tertiary/aromatic N) is 1. The van der Waals surface area contributed by atoms with E-state index in [1.807, 2.05) is 38.1 Å². The zero-order chi connectivity index (χ0) is 16.9. The van der Waals surface area contributed by atoms with Gasteiger partial charge in [0.05, 0.1) is 23.6 Å². The maximum absolute atomic E-state index is 12.1. The Morgan fingerprint density at radius 3 is 2.71 bits per heavy atom. The Hall–Kier alpha value is -2.42. The highest BCUT2D eigenvalue weighted by Gasteiger charge is 2.19. The molecule has 0 unspecified atom stereocenters. The van der Waals surface area contributed by atoms with Gasteiger partial charge in [-0.15, -0.1) is 0 Å². The van der Waals surface area contributed by atoms with Crippen molar-refractivity contribution in [1.82, 2.24) is 4.98 Å². The lowest BCUT2D eigenvalue weighted by molar-refractivity contribution is 0.0525. The van der Waals surface area contributed by atoms with Crippen LogP contribution in [0.5, 0.6) is 0 Å². The molecule has 0 spiro atoms. The maximum atomic E-state index is 12.1. The molecule has 2 aromatic rings. The number of aromatic nitrogens is 1. The van der Waals surface area contributed by atoms with E-state index in [9.17, 15) is 4.79 Å². The molecule has 1 heterocycles. The van der Waals surface area contributed by atoms with E-state index in [0.29, 0.717) is 12.2 Å². The second kappa shape index (κ2) is 7.43. The minimum Gasteiger partial charge on any atom is -0.462 e. The van der Waals surface area contributed by atoms with Gasteiger partial charge < -0.3 is 4.74 Å². The van der Waals surface area contributed by atoms with Gasteiger partial charge in [0.1, 0.15) is 0 Å². The van der Waals surface area contributed by atoms with Crippen molar-refractivity contribution in [2.45, 2.75) is 39.5 Å². The third-order valence-electron chi connectivity index (χ3n) is 4.37. The molecule has 124 valence electrons. The summed E-state index contributed by atoms with van der Waals surface area (Å²) in [6, 6.07) is 12.3. The van der Waals surface area contributed by atoms with Crippen molar-refractivity contribution in [2.75, 3.05) is 6.61 Å². The van der Waals surface area contributed by atoms with Crippen LogP contribution in [0.2, 0.25) is 0 Å². The lowest BCUT2D eigenvalue weighted by atomic mass is 9.99. The number of aryl methyl sites for hydroxylation is 2. The zero-order valence-corrected chi connectivity index (χ0v) is 14.3. The molecule has 0 N–H and O–H groups in total. The van der Waals surface area contributed by atoms with E-state index in [0.717, 1.165) is 42.6 Å². The predicted octanol–water partition coefficient (Wildman–Crippen LogP) is 4.83. The van der Waals surface area contributed by atoms with E-state index in [2.05, 4.69) is 18.2 Å². The number of rotatable bonds is 3. The molecule has 1 aromatic heterocycles. The molecule has 0 aliphatic heterocycles. The van der Waals surface area contributed by atoms with Crippen molar-refractivity contribution >= 4 is 17.6 Å². The van der Waals surface area contributed by atoms with Crippen molar-refractivity contribution in [2.24, 2.45) is 0 Å². The summed E-state index contributed by atoms with van der Waals surface area (Å²) < 4.78 is 5.16. The van der Waals surface area contributed by atoms with E-state index in [4.69, 9.17) is 9.72 Å². The molecule has 3 heteroatoms. The SMILES string of the molecule is CCOC(=O)c1cc2c(nc1C)/C(=C/c1ccccc1)CCCC2. The number of hydrogen-bond acceptors (Lipinski definition) is 3. The fourth-order valence-corrected chi connectivity index (χ4v) is 3.17. The summed E-state index contributed by atoms with van der Waals surface area (Å²) in [5.41, 5.74) is 5.98. The lowest BCUT2D eigenvalue weighted by Crippen LogP contribution is -2.10. The predicted molar refractivity (Wildman–Crippen MR) is 96.8 cm³/mol. The summed E-state index contributed by atoms with van der Waals surface area (Å²) in [6.45, 7) is 4.09. The van der Waals surface area contributed by atoms with E-state index >= 15 is 0 Å². The molecular formula is C21H23NO2. The van der Waals surface area contributed by atoms with E-state index in [-0.39, 0.29) is 5.97 Å². The van der Waals surface area contributed by atoms with Crippen molar-refractivity contribution in [1.29, 1.82) is 0 Å². The first kappa shape index (κ1) is 16.4. The molecule has 0 radical (unpaired) electrons. The smallest absolute Gasteiger partial charge is 0.339 e. The van der Waals surface area contributed by atoms with Gasteiger partial charge in [-0.3, -0.25) is 4.98 Å². The molecule has 1 aromatic carbocycles. The van der Waals surface area contributed by atoms with Crippen LogP contribution in [0.3, 0.4) is 0 Å². The summed E-state index contributed by atoms with van der Waals surface area (Å²) >= 11 is 0. The fourth-order valence-electron chi connectivity index (χ4n) is 3.17. The molecule has 1 aliphatic rings. The summed E-state index contributed by atoms with van der Waals surface area (Å²) in [5, 5.41) is 0. The number of benzene rings is 1. The van der Waals surface area contributed by atoms with Crippen molar-refractivity contribution in [3.63, 3.8) is 0 Å². The summed E-state index contributed by atoms with van der Waals surface area (Å²) in [5.74, 6) is -0.275. The Bertz CT molecular complexity index is 763. The third kappa shape index (κ3) is 3.56. The van der Waals surface area contributed by atoms with Gasteiger partial charge in [-0.25, -0.2) is 4.79 Å². The van der Waals surface area contributed by atoms with Crippen LogP contribution in [0.4, 0.5) is 0 Å². The molecule has 0 saturated carbocycles. The van der Waals surface area contributed by atoms with Crippen molar-refractivity contribution in [3.8, 4) is 0 Å². The first-order valence-electron chi connectivity index (χ1n) is 8.62. The number of allylic oxidation sites excluding steroid dienone is 1. The van der Waals surface area contributed by atoms with Gasteiger partial charge in [0.15, 0.2) is 0 Å². The number of carbonyl (C=O) groups excluding carboxylic acids is 1. The Morgan fingerprint density at radius 2 is 1.96 bits per heavy atom. The van der Waals surface area contributed by atoms with Crippen LogP contribution in [0.1, 0.15) is 59.1 Å². The average molecular weight is 321 g/mol. The number of hydrogen-bond donors (Lipinski definition) is 0. The normalized spacial score (nSPS) is 15.7. The third-order valence-corrected chi connectivity index (χ3v) is 4.37. The molecule has 3 rings (SSSR count). The second-order valence-electron chi connectivity index (χ2n) is 6.14. The average Bonchev–Trinajstić information content (AvgIpc) is 2.77. The Kier molecular flexibility index (Phi) is 5.09. The molecular weight excluding hydrogens is 298 g/mol. The quantitative estimate of drug-likeness (QED) is 0.600. The summed E-state index contributed by atoms with van der Waals surface area (Å²) in [4.78, 5) is 16.9. The monoisotopic (exact) mass is 321 g/mol. The highest BCUT2D eigenvalue weighted by atomic mass is 16.5. The standard InChI is InChI=1S/C21H23NO2/c1-3-24-21(23)19-14-18-12-8-7-11-17(20(18)22-15(19)2)13-16-9-5-4-6-10-16/h4-6,9-10,13-14H,3,7-8,11-12H2,1-2H3/b17-13+. The first-order chi connectivity index (χ1) is 11.7. The van der Waals surface area contributed by atoms with E-state index in [1.54, 1.807) is 0 Å².